The Hall–Kier alpha value is -3.17. The lowest BCUT2D eigenvalue weighted by atomic mass is 9.55. The van der Waals surface area contributed by atoms with Gasteiger partial charge >= 0.3 is 0 Å². The van der Waals surface area contributed by atoms with E-state index >= 15 is 0 Å². The molecule has 0 bridgehead atoms. The van der Waals surface area contributed by atoms with Crippen molar-refractivity contribution in [2.75, 3.05) is 38.1 Å². The monoisotopic (exact) mass is 552 g/mol. The molecule has 9 nitrogen and oxygen atoms in total. The number of fused-ring (bicyclic) bond motifs is 3. The molecule has 1 heterocycles. The van der Waals surface area contributed by atoms with Crippen molar-refractivity contribution in [1.29, 1.82) is 0 Å². The number of Topliss-reactive ketones (excluding diaryl/α,β-unsaturated/α-hetero) is 3. The highest BCUT2D eigenvalue weighted by molar-refractivity contribution is 6.25. The molecular weight excluding hydrogens is 512 g/mol. The third-order valence-corrected chi connectivity index (χ3v) is 9.56. The van der Waals surface area contributed by atoms with Crippen LogP contribution in [-0.4, -0.2) is 81.5 Å². The second-order valence-electron chi connectivity index (χ2n) is 12.6. The van der Waals surface area contributed by atoms with Gasteiger partial charge < -0.3 is 30.2 Å². The summed E-state index contributed by atoms with van der Waals surface area (Å²) < 4.78 is 0. The molecule has 1 fully saturated rings. The number of anilines is 1. The minimum absolute atomic E-state index is 0.0535. The SMILES string of the molecule is CC(=O)C1=C(O)C(C(C)C)[C@H]2C[C@H]3Cc4c(C(C)C)cc(N5CCN(C)CC5)c(O)c4C(=O)C3=C(O)[C@@]2(O)C1=O. The highest BCUT2D eigenvalue weighted by Crippen LogP contribution is 2.56. The summed E-state index contributed by atoms with van der Waals surface area (Å²) in [5.41, 5.74) is -0.817. The molecule has 3 aliphatic carbocycles. The standard InChI is InChI=1S/C31H40N2O7/c1-14(2)18-13-21(33-9-7-32(6)8-10-33)26(35)25-19(18)11-17-12-20-22(15(3)4)27(36)23(16(5)34)29(38)31(20,40)30(39)24(17)28(25)37/h13-15,17,20,22,35-36,39-40H,7-12H2,1-6H3/t17-,20-,22?,31+/m1/s1. The molecule has 1 saturated heterocycles. The number of nitrogens with zero attached hydrogens (tertiary/aromatic N) is 2. The Balaban J connectivity index is 1.70. The number of phenols is 1. The highest BCUT2D eigenvalue weighted by atomic mass is 16.3. The molecule has 9 heteroatoms. The molecule has 4 atom stereocenters. The van der Waals surface area contributed by atoms with E-state index in [1.165, 1.54) is 0 Å². The van der Waals surface area contributed by atoms with Crippen molar-refractivity contribution < 1.29 is 34.8 Å². The molecule has 4 N–H and O–H groups in total. The summed E-state index contributed by atoms with van der Waals surface area (Å²) in [6.45, 7) is 11.8. The minimum Gasteiger partial charge on any atom is -0.511 e. The Bertz CT molecular complexity index is 1370. The van der Waals surface area contributed by atoms with Crippen molar-refractivity contribution in [3.05, 3.63) is 45.4 Å². The summed E-state index contributed by atoms with van der Waals surface area (Å²) in [6.07, 6.45) is 0.490. The van der Waals surface area contributed by atoms with Gasteiger partial charge in [-0.1, -0.05) is 27.7 Å². The number of ketones is 3. The molecule has 0 spiro atoms. The van der Waals surface area contributed by atoms with E-state index in [2.05, 4.69) is 9.80 Å². The first-order valence-electron chi connectivity index (χ1n) is 14.2. The quantitative estimate of drug-likeness (QED) is 0.414. The Morgan fingerprint density at radius 3 is 2.23 bits per heavy atom. The van der Waals surface area contributed by atoms with E-state index < -0.39 is 52.0 Å². The van der Waals surface area contributed by atoms with Gasteiger partial charge in [-0.15, -0.1) is 0 Å². The number of carbonyl (C=O) groups is 3. The fraction of sp³-hybridized carbons (Fsp3) is 0.581. The maximum absolute atomic E-state index is 14.2. The van der Waals surface area contributed by atoms with Crippen molar-refractivity contribution in [2.24, 2.45) is 23.7 Å². The molecule has 0 amide bonds. The largest absolute Gasteiger partial charge is 0.511 e. The molecule has 40 heavy (non-hydrogen) atoms. The molecule has 1 aromatic carbocycles. The zero-order chi connectivity index (χ0) is 29.4. The smallest absolute Gasteiger partial charge is 0.209 e. The van der Waals surface area contributed by atoms with Crippen LogP contribution in [0.1, 0.15) is 68.4 Å². The molecular formula is C31H40N2O7. The normalized spacial score (nSPS) is 29.2. The predicted molar refractivity (Wildman–Crippen MR) is 150 cm³/mol. The Kier molecular flexibility index (Phi) is 6.90. The zero-order valence-corrected chi connectivity index (χ0v) is 24.1. The first kappa shape index (κ1) is 28.4. The van der Waals surface area contributed by atoms with E-state index in [1.54, 1.807) is 0 Å². The third-order valence-electron chi connectivity index (χ3n) is 9.56. The average molecular weight is 553 g/mol. The van der Waals surface area contributed by atoms with Crippen LogP contribution in [0.4, 0.5) is 5.69 Å². The summed E-state index contributed by atoms with van der Waals surface area (Å²) in [7, 11) is 2.03. The number of aliphatic hydroxyl groups is 3. The van der Waals surface area contributed by atoms with Crippen LogP contribution in [0.5, 0.6) is 5.75 Å². The molecule has 1 unspecified atom stereocenters. The molecule has 216 valence electrons. The second-order valence-corrected chi connectivity index (χ2v) is 12.6. The van der Waals surface area contributed by atoms with Crippen molar-refractivity contribution in [3.63, 3.8) is 0 Å². The van der Waals surface area contributed by atoms with Gasteiger partial charge in [0.2, 0.25) is 5.78 Å². The first-order valence-corrected chi connectivity index (χ1v) is 14.2. The summed E-state index contributed by atoms with van der Waals surface area (Å²) in [5, 5.41) is 46.1. The average Bonchev–Trinajstić information content (AvgIpc) is 2.86. The highest BCUT2D eigenvalue weighted by Gasteiger charge is 2.63. The maximum atomic E-state index is 14.2. The van der Waals surface area contributed by atoms with Crippen LogP contribution in [0, 0.1) is 23.7 Å². The van der Waals surface area contributed by atoms with Crippen molar-refractivity contribution in [3.8, 4) is 5.75 Å². The number of carbonyl (C=O) groups excluding carboxylic acids is 3. The van der Waals surface area contributed by atoms with E-state index in [0.29, 0.717) is 25.2 Å². The van der Waals surface area contributed by atoms with Crippen LogP contribution in [-0.2, 0) is 16.0 Å². The van der Waals surface area contributed by atoms with E-state index in [4.69, 9.17) is 0 Å². The van der Waals surface area contributed by atoms with Gasteiger partial charge in [-0.25, -0.2) is 0 Å². The first-order chi connectivity index (χ1) is 18.7. The number of allylic oxidation sites excluding steroid dienone is 2. The lowest BCUT2D eigenvalue weighted by Gasteiger charge is -2.50. The molecule has 1 aliphatic heterocycles. The van der Waals surface area contributed by atoms with Crippen LogP contribution in [0.15, 0.2) is 28.7 Å². The topological polar surface area (TPSA) is 139 Å². The van der Waals surface area contributed by atoms with Gasteiger partial charge in [0, 0.05) is 43.6 Å². The fourth-order valence-corrected chi connectivity index (χ4v) is 7.48. The van der Waals surface area contributed by atoms with Crippen LogP contribution < -0.4 is 4.90 Å². The molecule has 0 radical (unpaired) electrons. The summed E-state index contributed by atoms with van der Waals surface area (Å²) in [4.78, 5) is 44.5. The Labute approximate surface area is 234 Å². The summed E-state index contributed by atoms with van der Waals surface area (Å²) >= 11 is 0. The van der Waals surface area contributed by atoms with Gasteiger partial charge in [0.15, 0.2) is 17.2 Å². The number of hydrogen-bond acceptors (Lipinski definition) is 9. The van der Waals surface area contributed by atoms with Gasteiger partial charge in [0.05, 0.1) is 11.3 Å². The molecule has 5 rings (SSSR count). The summed E-state index contributed by atoms with van der Waals surface area (Å²) in [5.74, 6) is -6.11. The number of likely N-dealkylation sites (N-methyl/N-ethyl adjacent to an activating group) is 1. The Morgan fingerprint density at radius 1 is 1.05 bits per heavy atom. The van der Waals surface area contributed by atoms with Gasteiger partial charge in [0.25, 0.3) is 0 Å². The number of rotatable bonds is 4. The number of hydrogen-bond donors (Lipinski definition) is 4. The number of piperazine rings is 1. The molecule has 1 aromatic rings. The predicted octanol–water partition coefficient (Wildman–Crippen LogP) is 3.44. The summed E-state index contributed by atoms with van der Waals surface area (Å²) in [6, 6.07) is 1.97. The third kappa shape index (κ3) is 3.92. The van der Waals surface area contributed by atoms with Gasteiger partial charge in [-0.2, -0.15) is 0 Å². The number of phenolic OH excluding ortho intramolecular Hbond substituents is 1. The van der Waals surface area contributed by atoms with E-state index in [-0.39, 0.29) is 40.9 Å². The van der Waals surface area contributed by atoms with Crippen LogP contribution in [0.3, 0.4) is 0 Å². The molecule has 4 aliphatic rings. The van der Waals surface area contributed by atoms with E-state index in [0.717, 1.165) is 31.1 Å². The molecule has 0 aromatic heterocycles. The lowest BCUT2D eigenvalue weighted by molar-refractivity contribution is -0.149. The number of benzene rings is 1. The maximum Gasteiger partial charge on any atom is 0.209 e. The van der Waals surface area contributed by atoms with E-state index in [1.807, 2.05) is 40.8 Å². The fourth-order valence-electron chi connectivity index (χ4n) is 7.48. The van der Waals surface area contributed by atoms with Crippen LogP contribution >= 0.6 is 0 Å². The van der Waals surface area contributed by atoms with Crippen molar-refractivity contribution in [2.45, 2.75) is 59.0 Å². The van der Waals surface area contributed by atoms with Crippen LogP contribution in [0.25, 0.3) is 0 Å². The number of aliphatic hydroxyl groups excluding tert-OH is 2. The van der Waals surface area contributed by atoms with Crippen molar-refractivity contribution >= 4 is 23.0 Å². The zero-order valence-electron chi connectivity index (χ0n) is 24.1. The van der Waals surface area contributed by atoms with Crippen LogP contribution in [0.2, 0.25) is 0 Å². The van der Waals surface area contributed by atoms with E-state index in [9.17, 15) is 34.8 Å². The molecule has 0 saturated carbocycles. The minimum atomic E-state index is -2.52. The lowest BCUT2D eigenvalue weighted by Crippen LogP contribution is -2.60. The van der Waals surface area contributed by atoms with Gasteiger partial charge in [0.1, 0.15) is 22.8 Å². The van der Waals surface area contributed by atoms with Gasteiger partial charge in [-0.3, -0.25) is 14.4 Å². The Morgan fingerprint density at radius 2 is 1.68 bits per heavy atom. The van der Waals surface area contributed by atoms with Gasteiger partial charge in [-0.05, 0) is 61.8 Å². The number of aromatic hydroxyl groups is 1. The van der Waals surface area contributed by atoms with Crippen molar-refractivity contribution in [1.82, 2.24) is 4.90 Å². The second kappa shape index (κ2) is 9.73.